The molecule has 6 N–H and O–H groups in total. The third-order valence-corrected chi connectivity index (χ3v) is 3.08. The summed E-state index contributed by atoms with van der Waals surface area (Å²) in [6, 6.07) is 0. The maximum Gasteiger partial charge on any atom is 0.250 e. The van der Waals surface area contributed by atoms with Gasteiger partial charge in [-0.15, -0.1) is 0 Å². The largest absolute Gasteiger partial charge is 0.394 e. The van der Waals surface area contributed by atoms with Gasteiger partial charge in [0.25, 0.3) is 0 Å². The average molecular weight is 359 g/mol. The van der Waals surface area contributed by atoms with E-state index in [0.29, 0.717) is 11.9 Å². The molecule has 25 heavy (non-hydrogen) atoms. The van der Waals surface area contributed by atoms with Crippen molar-refractivity contribution in [3.8, 4) is 0 Å². The van der Waals surface area contributed by atoms with E-state index in [4.69, 9.17) is 5.11 Å². The Bertz CT molecular complexity index is 545. The molecule has 0 spiro atoms. The molecule has 0 radical (unpaired) electrons. The second-order valence-electron chi connectivity index (χ2n) is 5.66. The Hall–Kier alpha value is -2.12. The monoisotopic (exact) mass is 359 g/mol. The Morgan fingerprint density at radius 3 is 1.92 bits per heavy atom. The molecule has 0 amide bonds. The molecule has 0 aliphatic rings. The van der Waals surface area contributed by atoms with Crippen molar-refractivity contribution >= 4 is 24.1 Å². The van der Waals surface area contributed by atoms with Crippen molar-refractivity contribution in [1.82, 2.24) is 15.0 Å². The Balaban J connectivity index is 2.81. The van der Waals surface area contributed by atoms with Crippen LogP contribution < -0.4 is 15.2 Å². The zero-order chi connectivity index (χ0) is 19.1. The van der Waals surface area contributed by atoms with Crippen LogP contribution in [0.5, 0.6) is 0 Å². The Morgan fingerprint density at radius 1 is 0.960 bits per heavy atom. The second-order valence-corrected chi connectivity index (χ2v) is 5.66. The molecule has 0 saturated carbocycles. The van der Waals surface area contributed by atoms with Crippen molar-refractivity contribution in [1.29, 1.82) is 0 Å². The molecule has 1 aromatic heterocycles. The molecule has 0 aliphatic heterocycles. The van der Waals surface area contributed by atoms with E-state index < -0.39 is 31.0 Å². The number of hydrogen-bond donors (Lipinski definition) is 6. The highest BCUT2D eigenvalue weighted by Gasteiger charge is 2.29. The number of rotatable bonds is 9. The molecule has 1 heterocycles. The van der Waals surface area contributed by atoms with Crippen LogP contribution in [0.4, 0.5) is 17.8 Å². The van der Waals surface area contributed by atoms with Gasteiger partial charge in [0.2, 0.25) is 17.8 Å². The van der Waals surface area contributed by atoms with Gasteiger partial charge in [-0.1, -0.05) is 0 Å². The topological polar surface area (TPSA) is 171 Å². The zero-order valence-corrected chi connectivity index (χ0v) is 14.5. The van der Waals surface area contributed by atoms with Gasteiger partial charge in [-0.25, -0.2) is 5.43 Å². The van der Waals surface area contributed by atoms with E-state index in [1.165, 1.54) is 0 Å². The molecular formula is C13H25N7O5. The lowest BCUT2D eigenvalue weighted by atomic mass is 10.0. The Morgan fingerprint density at radius 2 is 1.48 bits per heavy atom. The van der Waals surface area contributed by atoms with Crippen molar-refractivity contribution < 1.29 is 25.5 Å². The number of hydrogen-bond acceptors (Lipinski definition) is 12. The highest BCUT2D eigenvalue weighted by atomic mass is 16.4. The fourth-order valence-corrected chi connectivity index (χ4v) is 1.60. The summed E-state index contributed by atoms with van der Waals surface area (Å²) < 4.78 is 0. The predicted octanol–water partition coefficient (Wildman–Crippen LogP) is -3.16. The molecule has 0 aliphatic carbocycles. The van der Waals surface area contributed by atoms with E-state index >= 15 is 0 Å². The van der Waals surface area contributed by atoms with E-state index in [2.05, 4.69) is 25.5 Å². The van der Waals surface area contributed by atoms with Crippen LogP contribution in [0, 0.1) is 0 Å². The highest BCUT2D eigenvalue weighted by molar-refractivity contribution is 5.64. The number of aliphatic hydroxyl groups is 5. The molecule has 0 fully saturated rings. The first-order valence-corrected chi connectivity index (χ1v) is 7.40. The quantitative estimate of drug-likeness (QED) is 0.194. The van der Waals surface area contributed by atoms with Crippen LogP contribution in [-0.2, 0) is 0 Å². The minimum Gasteiger partial charge on any atom is -0.394 e. The summed E-state index contributed by atoms with van der Waals surface area (Å²) >= 11 is 0. The maximum atomic E-state index is 9.73. The number of aliphatic hydroxyl groups excluding tert-OH is 5. The third-order valence-electron chi connectivity index (χ3n) is 3.08. The smallest absolute Gasteiger partial charge is 0.250 e. The van der Waals surface area contributed by atoms with Crippen molar-refractivity contribution in [2.75, 3.05) is 50.0 Å². The first-order valence-electron chi connectivity index (χ1n) is 7.40. The summed E-state index contributed by atoms with van der Waals surface area (Å²) in [6.45, 7) is -0.758. The molecule has 0 saturated heterocycles. The first kappa shape index (κ1) is 20.9. The summed E-state index contributed by atoms with van der Waals surface area (Å²) in [5, 5.41) is 50.6. The van der Waals surface area contributed by atoms with E-state index in [9.17, 15) is 20.4 Å². The van der Waals surface area contributed by atoms with E-state index in [-0.39, 0.29) is 5.95 Å². The fraction of sp³-hybridized carbons (Fsp3) is 0.692. The minimum atomic E-state index is -1.74. The molecule has 12 nitrogen and oxygen atoms in total. The number of hydrazone groups is 1. The molecule has 1 aromatic rings. The van der Waals surface area contributed by atoms with Gasteiger partial charge in [-0.2, -0.15) is 20.1 Å². The lowest BCUT2D eigenvalue weighted by Gasteiger charge is -2.23. The summed E-state index contributed by atoms with van der Waals surface area (Å²) in [5.41, 5.74) is 2.49. The Labute approximate surface area is 145 Å². The van der Waals surface area contributed by atoms with Gasteiger partial charge < -0.3 is 35.3 Å². The van der Waals surface area contributed by atoms with Crippen LogP contribution >= 0.6 is 0 Å². The molecule has 12 heteroatoms. The van der Waals surface area contributed by atoms with Crippen LogP contribution in [0.3, 0.4) is 0 Å². The molecule has 0 unspecified atom stereocenters. The van der Waals surface area contributed by atoms with Gasteiger partial charge in [0.1, 0.15) is 24.4 Å². The fourth-order valence-electron chi connectivity index (χ4n) is 1.60. The van der Waals surface area contributed by atoms with Crippen molar-refractivity contribution in [2.24, 2.45) is 5.10 Å². The average Bonchev–Trinajstić information content (AvgIpc) is 2.59. The van der Waals surface area contributed by atoms with Gasteiger partial charge in [0.15, 0.2) is 0 Å². The summed E-state index contributed by atoms with van der Waals surface area (Å²) in [7, 11) is 7.04. The highest BCUT2D eigenvalue weighted by Crippen LogP contribution is 2.13. The van der Waals surface area contributed by atoms with Crippen LogP contribution in [-0.4, -0.2) is 106 Å². The zero-order valence-electron chi connectivity index (χ0n) is 14.5. The van der Waals surface area contributed by atoms with Crippen molar-refractivity contribution in [3.63, 3.8) is 0 Å². The van der Waals surface area contributed by atoms with Gasteiger partial charge in [-0.05, 0) is 0 Å². The van der Waals surface area contributed by atoms with Crippen LogP contribution in [0.2, 0.25) is 0 Å². The molecule has 0 bridgehead atoms. The number of aromatic nitrogens is 3. The lowest BCUT2D eigenvalue weighted by molar-refractivity contribution is -0.0999. The van der Waals surface area contributed by atoms with Gasteiger partial charge in [-0.3, -0.25) is 0 Å². The van der Waals surface area contributed by atoms with E-state index in [1.54, 1.807) is 38.0 Å². The second kappa shape index (κ2) is 9.39. The number of nitrogens with zero attached hydrogens (tertiary/aromatic N) is 6. The van der Waals surface area contributed by atoms with E-state index in [1.807, 2.05) is 0 Å². The number of anilines is 3. The van der Waals surface area contributed by atoms with Gasteiger partial charge in [0, 0.05) is 28.2 Å². The normalized spacial score (nSPS) is 16.4. The van der Waals surface area contributed by atoms with E-state index in [0.717, 1.165) is 6.21 Å². The van der Waals surface area contributed by atoms with Gasteiger partial charge in [0.05, 0.1) is 12.8 Å². The molecule has 1 rings (SSSR count). The SMILES string of the molecule is CN(C)c1nc(N/N=C/[C@@H](O)[C@H](O)[C@H](O)[C@H](O)CO)nc(N(C)C)n1. The van der Waals surface area contributed by atoms with Gasteiger partial charge >= 0.3 is 0 Å². The molecular weight excluding hydrogens is 334 g/mol. The molecule has 142 valence electrons. The summed E-state index contributed by atoms with van der Waals surface area (Å²) in [5.74, 6) is 0.883. The van der Waals surface area contributed by atoms with Crippen molar-refractivity contribution in [2.45, 2.75) is 24.4 Å². The molecule has 4 atom stereocenters. The predicted molar refractivity (Wildman–Crippen MR) is 91.7 cm³/mol. The lowest BCUT2D eigenvalue weighted by Crippen LogP contribution is -2.46. The Kier molecular flexibility index (Phi) is 7.86. The maximum absolute atomic E-state index is 9.73. The standard InChI is InChI=1S/C13H25N7O5/c1-19(2)12-15-11(16-13(17-12)20(3)4)18-14-5-7(22)9(24)10(25)8(23)6-21/h5,7-10,21-25H,6H2,1-4H3,(H,15,16,17,18)/b14-5+/t7-,8-,9+,10-/m1/s1. The summed E-state index contributed by atoms with van der Waals surface area (Å²) in [4.78, 5) is 15.8. The summed E-state index contributed by atoms with van der Waals surface area (Å²) in [6.07, 6.45) is -5.73. The molecule has 0 aromatic carbocycles. The van der Waals surface area contributed by atoms with Crippen LogP contribution in [0.15, 0.2) is 5.10 Å². The number of nitrogens with one attached hydrogen (secondary N) is 1. The van der Waals surface area contributed by atoms with Crippen LogP contribution in [0.25, 0.3) is 0 Å². The van der Waals surface area contributed by atoms with Crippen LogP contribution in [0.1, 0.15) is 0 Å². The third kappa shape index (κ3) is 6.03. The minimum absolute atomic E-state index is 0.108. The van der Waals surface area contributed by atoms with Crippen molar-refractivity contribution in [3.05, 3.63) is 0 Å². The first-order chi connectivity index (χ1) is 11.7.